The van der Waals surface area contributed by atoms with Crippen molar-refractivity contribution in [1.82, 2.24) is 4.98 Å². The lowest BCUT2D eigenvalue weighted by Crippen LogP contribution is -2.09. The first-order valence-electron chi connectivity index (χ1n) is 6.53. The minimum absolute atomic E-state index is 0.184. The predicted octanol–water partition coefficient (Wildman–Crippen LogP) is 4.24. The first-order chi connectivity index (χ1) is 9.58. The number of nitrogens with one attached hydrogen (secondary N) is 1. The van der Waals surface area contributed by atoms with Crippen molar-refractivity contribution in [3.05, 3.63) is 41.6 Å². The summed E-state index contributed by atoms with van der Waals surface area (Å²) in [5.41, 5.74) is 7.02. The van der Waals surface area contributed by atoms with Gasteiger partial charge in [0.1, 0.15) is 11.6 Å². The van der Waals surface area contributed by atoms with Crippen molar-refractivity contribution in [2.75, 3.05) is 11.1 Å². The van der Waals surface area contributed by atoms with Crippen LogP contribution in [0.1, 0.15) is 20.3 Å². The van der Waals surface area contributed by atoms with Crippen LogP contribution < -0.4 is 15.8 Å². The number of rotatable bonds is 5. The maximum Gasteiger partial charge on any atom is 0.149 e. The van der Waals surface area contributed by atoms with Gasteiger partial charge in [-0.25, -0.2) is 4.98 Å². The number of hydrogen-bond acceptors (Lipinski definition) is 4. The molecule has 0 radical (unpaired) electrons. The van der Waals surface area contributed by atoms with E-state index in [9.17, 15) is 0 Å². The zero-order valence-corrected chi connectivity index (χ0v) is 12.3. The van der Waals surface area contributed by atoms with Gasteiger partial charge in [-0.15, -0.1) is 0 Å². The molecule has 2 rings (SSSR count). The first-order valence-corrected chi connectivity index (χ1v) is 6.91. The average molecular weight is 292 g/mol. The van der Waals surface area contributed by atoms with Crippen LogP contribution in [0.4, 0.5) is 17.2 Å². The summed E-state index contributed by atoms with van der Waals surface area (Å²) in [7, 11) is 0. The van der Waals surface area contributed by atoms with Gasteiger partial charge in [0.25, 0.3) is 0 Å². The molecule has 0 aliphatic rings. The molecule has 1 aromatic carbocycles. The Hall–Kier alpha value is -1.94. The molecular weight excluding hydrogens is 274 g/mol. The van der Waals surface area contributed by atoms with Crippen LogP contribution in [0.3, 0.4) is 0 Å². The third-order valence-corrected chi connectivity index (χ3v) is 3.16. The van der Waals surface area contributed by atoms with Gasteiger partial charge in [0.15, 0.2) is 0 Å². The Labute approximate surface area is 123 Å². The molecule has 1 unspecified atom stereocenters. The van der Waals surface area contributed by atoms with E-state index in [1.807, 2.05) is 31.2 Å². The summed E-state index contributed by atoms with van der Waals surface area (Å²) in [6.45, 7) is 4.13. The van der Waals surface area contributed by atoms with E-state index in [4.69, 9.17) is 22.1 Å². The SMILES string of the molecule is CCC(C)Oc1cccc(Nc2ncc(N)cc2Cl)c1. The second-order valence-corrected chi connectivity index (χ2v) is 5.00. The number of aromatic nitrogens is 1. The molecule has 1 aromatic heterocycles. The Bertz CT molecular complexity index is 589. The van der Waals surface area contributed by atoms with Crippen LogP contribution in [0.5, 0.6) is 5.75 Å². The fourth-order valence-electron chi connectivity index (χ4n) is 1.64. The smallest absolute Gasteiger partial charge is 0.149 e. The van der Waals surface area contributed by atoms with E-state index in [-0.39, 0.29) is 6.10 Å². The Kier molecular flexibility index (Phi) is 4.69. The van der Waals surface area contributed by atoms with Crippen molar-refractivity contribution in [3.8, 4) is 5.75 Å². The van der Waals surface area contributed by atoms with Gasteiger partial charge < -0.3 is 15.8 Å². The topological polar surface area (TPSA) is 60.2 Å². The maximum absolute atomic E-state index is 6.09. The number of halogens is 1. The fourth-order valence-corrected chi connectivity index (χ4v) is 1.87. The van der Waals surface area contributed by atoms with Crippen molar-refractivity contribution in [3.63, 3.8) is 0 Å². The fraction of sp³-hybridized carbons (Fsp3) is 0.267. The maximum atomic E-state index is 6.09. The molecule has 4 nitrogen and oxygen atoms in total. The lowest BCUT2D eigenvalue weighted by Gasteiger charge is -2.14. The summed E-state index contributed by atoms with van der Waals surface area (Å²) in [5, 5.41) is 3.64. The summed E-state index contributed by atoms with van der Waals surface area (Å²) in [4.78, 5) is 4.17. The van der Waals surface area contributed by atoms with Crippen LogP contribution in [-0.2, 0) is 0 Å². The number of ether oxygens (including phenoxy) is 1. The normalized spacial score (nSPS) is 11.9. The summed E-state index contributed by atoms with van der Waals surface area (Å²) in [5.74, 6) is 1.39. The molecular formula is C15H18ClN3O. The van der Waals surface area contributed by atoms with Crippen LogP contribution in [-0.4, -0.2) is 11.1 Å². The zero-order valence-electron chi connectivity index (χ0n) is 11.6. The van der Waals surface area contributed by atoms with E-state index in [2.05, 4.69) is 17.2 Å². The quantitative estimate of drug-likeness (QED) is 0.865. The van der Waals surface area contributed by atoms with Gasteiger partial charge in [0, 0.05) is 11.8 Å². The van der Waals surface area contributed by atoms with E-state index in [1.54, 1.807) is 12.3 Å². The molecule has 0 aliphatic carbocycles. The van der Waals surface area contributed by atoms with Gasteiger partial charge in [-0.2, -0.15) is 0 Å². The van der Waals surface area contributed by atoms with Gasteiger partial charge in [0.05, 0.1) is 23.0 Å². The molecule has 0 fully saturated rings. The number of nitrogens with zero attached hydrogens (tertiary/aromatic N) is 1. The van der Waals surface area contributed by atoms with Crippen LogP contribution in [0.2, 0.25) is 5.02 Å². The van der Waals surface area contributed by atoms with Gasteiger partial charge >= 0.3 is 0 Å². The largest absolute Gasteiger partial charge is 0.491 e. The second-order valence-electron chi connectivity index (χ2n) is 4.59. The number of pyridine rings is 1. The van der Waals surface area contributed by atoms with E-state index in [0.29, 0.717) is 16.5 Å². The monoisotopic (exact) mass is 291 g/mol. The van der Waals surface area contributed by atoms with Crippen molar-refractivity contribution in [2.24, 2.45) is 0 Å². The number of anilines is 3. The third-order valence-electron chi connectivity index (χ3n) is 2.87. The highest BCUT2D eigenvalue weighted by molar-refractivity contribution is 6.33. The zero-order chi connectivity index (χ0) is 14.5. The van der Waals surface area contributed by atoms with Crippen LogP contribution in [0.25, 0.3) is 0 Å². The molecule has 0 saturated carbocycles. The number of nitrogens with two attached hydrogens (primary N) is 1. The number of nitrogen functional groups attached to an aromatic ring is 1. The Morgan fingerprint density at radius 3 is 2.90 bits per heavy atom. The first kappa shape index (κ1) is 14.5. The highest BCUT2D eigenvalue weighted by Crippen LogP contribution is 2.26. The average Bonchev–Trinajstić information content (AvgIpc) is 2.42. The van der Waals surface area contributed by atoms with Gasteiger partial charge in [-0.1, -0.05) is 24.6 Å². The molecule has 2 aromatic rings. The molecule has 0 aliphatic heterocycles. The van der Waals surface area contributed by atoms with Gasteiger partial charge in [-0.05, 0) is 31.5 Å². The molecule has 0 bridgehead atoms. The Morgan fingerprint density at radius 1 is 1.40 bits per heavy atom. The lowest BCUT2D eigenvalue weighted by molar-refractivity contribution is 0.217. The molecule has 0 saturated heterocycles. The lowest BCUT2D eigenvalue weighted by atomic mass is 10.2. The number of benzene rings is 1. The summed E-state index contributed by atoms with van der Waals surface area (Å²) in [6.07, 6.45) is 2.71. The van der Waals surface area contributed by atoms with Crippen molar-refractivity contribution in [2.45, 2.75) is 26.4 Å². The van der Waals surface area contributed by atoms with Crippen LogP contribution >= 0.6 is 11.6 Å². The molecule has 1 heterocycles. The second kappa shape index (κ2) is 6.48. The predicted molar refractivity (Wildman–Crippen MR) is 83.8 cm³/mol. The Balaban J connectivity index is 2.15. The molecule has 3 N–H and O–H groups in total. The van der Waals surface area contributed by atoms with E-state index < -0.39 is 0 Å². The van der Waals surface area contributed by atoms with Gasteiger partial charge in [-0.3, -0.25) is 0 Å². The van der Waals surface area contributed by atoms with Crippen molar-refractivity contribution < 1.29 is 4.74 Å². The molecule has 1 atom stereocenters. The molecule has 20 heavy (non-hydrogen) atoms. The Morgan fingerprint density at radius 2 is 2.20 bits per heavy atom. The highest BCUT2D eigenvalue weighted by atomic mass is 35.5. The van der Waals surface area contributed by atoms with E-state index in [0.717, 1.165) is 17.9 Å². The highest BCUT2D eigenvalue weighted by Gasteiger charge is 2.05. The molecule has 5 heteroatoms. The summed E-state index contributed by atoms with van der Waals surface area (Å²) < 4.78 is 5.78. The minimum atomic E-state index is 0.184. The van der Waals surface area contributed by atoms with Crippen LogP contribution in [0, 0.1) is 0 Å². The van der Waals surface area contributed by atoms with Crippen molar-refractivity contribution >= 4 is 28.8 Å². The van der Waals surface area contributed by atoms with Gasteiger partial charge in [0.2, 0.25) is 0 Å². The van der Waals surface area contributed by atoms with Crippen molar-refractivity contribution in [1.29, 1.82) is 0 Å². The number of hydrogen-bond donors (Lipinski definition) is 2. The standard InChI is InChI=1S/C15H18ClN3O/c1-3-10(2)20-13-6-4-5-12(8-13)19-15-14(16)7-11(17)9-18-15/h4-10H,3,17H2,1-2H3,(H,18,19). The summed E-state index contributed by atoms with van der Waals surface area (Å²) in [6, 6.07) is 9.36. The summed E-state index contributed by atoms with van der Waals surface area (Å²) >= 11 is 6.09. The van der Waals surface area contributed by atoms with E-state index in [1.165, 1.54) is 0 Å². The third kappa shape index (κ3) is 3.78. The van der Waals surface area contributed by atoms with Crippen LogP contribution in [0.15, 0.2) is 36.5 Å². The molecule has 106 valence electrons. The minimum Gasteiger partial charge on any atom is -0.491 e. The molecule has 0 amide bonds. The van der Waals surface area contributed by atoms with E-state index >= 15 is 0 Å². The molecule has 0 spiro atoms.